The summed E-state index contributed by atoms with van der Waals surface area (Å²) in [5.41, 5.74) is 2.38. The van der Waals surface area contributed by atoms with Gasteiger partial charge in [0, 0.05) is 9.92 Å². The summed E-state index contributed by atoms with van der Waals surface area (Å²) in [6, 6.07) is 6.96. The first-order valence-electron chi connectivity index (χ1n) is 6.41. The van der Waals surface area contributed by atoms with Crippen LogP contribution in [0.25, 0.3) is 0 Å². The van der Waals surface area contributed by atoms with E-state index in [0.717, 1.165) is 4.90 Å². The van der Waals surface area contributed by atoms with Crippen molar-refractivity contribution < 1.29 is 17.7 Å². The molecule has 0 spiro atoms. The molecule has 0 atom stereocenters. The average Bonchev–Trinajstić information content (AvgIpc) is 2.84. The van der Waals surface area contributed by atoms with Crippen LogP contribution in [0.5, 0.6) is 0 Å². The second-order valence-electron chi connectivity index (χ2n) is 4.55. The van der Waals surface area contributed by atoms with E-state index in [9.17, 15) is 13.2 Å². The maximum absolute atomic E-state index is 12.1. The fourth-order valence-corrected chi connectivity index (χ4v) is 3.77. The number of rotatable bonds is 6. The van der Waals surface area contributed by atoms with E-state index in [1.165, 1.54) is 25.6 Å². The molecule has 0 radical (unpaired) electrons. The van der Waals surface area contributed by atoms with Gasteiger partial charge in [0.05, 0.1) is 5.75 Å². The molecule has 0 saturated carbocycles. The third-order valence-corrected chi connectivity index (χ3v) is 5.50. The molecule has 0 saturated heterocycles. The highest BCUT2D eigenvalue weighted by Crippen LogP contribution is 2.20. The van der Waals surface area contributed by atoms with E-state index < -0.39 is 15.9 Å². The predicted octanol–water partition coefficient (Wildman–Crippen LogP) is 2.05. The number of aryl methyl sites for hydroxylation is 2. The molecule has 7 nitrogen and oxygen atoms in total. The molecule has 0 bridgehead atoms. The van der Waals surface area contributed by atoms with E-state index in [1.54, 1.807) is 24.3 Å². The van der Waals surface area contributed by atoms with E-state index in [-0.39, 0.29) is 22.1 Å². The highest BCUT2D eigenvalue weighted by Gasteiger charge is 2.24. The number of benzene rings is 1. The molecule has 10 heteroatoms. The summed E-state index contributed by atoms with van der Waals surface area (Å²) >= 11 is 7.03. The fourth-order valence-electron chi connectivity index (χ4n) is 1.75. The fraction of sp³-hybridized carbons (Fsp3) is 0.231. The largest absolute Gasteiger partial charge is 0.360 e. The third kappa shape index (κ3) is 4.71. The first-order valence-corrected chi connectivity index (χ1v) is 9.26. The molecule has 0 aliphatic rings. The van der Waals surface area contributed by atoms with Gasteiger partial charge in [-0.15, -0.1) is 16.6 Å². The van der Waals surface area contributed by atoms with Crippen molar-refractivity contribution in [2.75, 3.05) is 5.75 Å². The van der Waals surface area contributed by atoms with Gasteiger partial charge in [0.2, 0.25) is 5.91 Å². The van der Waals surface area contributed by atoms with Gasteiger partial charge in [-0.1, -0.05) is 16.8 Å². The van der Waals surface area contributed by atoms with Crippen molar-refractivity contribution in [2.24, 2.45) is 0 Å². The van der Waals surface area contributed by atoms with Crippen molar-refractivity contribution in [2.45, 2.75) is 23.6 Å². The first kappa shape index (κ1) is 17.8. The Hall–Kier alpha value is -1.55. The number of amides is 1. The lowest BCUT2D eigenvalue weighted by Gasteiger charge is -2.08. The minimum absolute atomic E-state index is 0.0474. The minimum atomic E-state index is -3.93. The number of carbonyl (C=O) groups excluding carboxylic acids is 1. The Bertz CT molecular complexity index is 784. The molecule has 0 aliphatic carbocycles. The number of thioether (sulfide) groups is 1. The summed E-state index contributed by atoms with van der Waals surface area (Å²) < 4.78 is 29.0. The van der Waals surface area contributed by atoms with Crippen LogP contribution in [-0.4, -0.2) is 25.2 Å². The van der Waals surface area contributed by atoms with Crippen LogP contribution in [0, 0.1) is 13.8 Å². The van der Waals surface area contributed by atoms with Gasteiger partial charge < -0.3 is 4.52 Å². The predicted molar refractivity (Wildman–Crippen MR) is 86.6 cm³/mol. The van der Waals surface area contributed by atoms with E-state index in [2.05, 4.69) is 10.6 Å². The third-order valence-electron chi connectivity index (χ3n) is 2.74. The molecule has 1 aromatic heterocycles. The number of halogens is 1. The van der Waals surface area contributed by atoms with E-state index >= 15 is 0 Å². The maximum atomic E-state index is 12.1. The maximum Gasteiger partial charge on any atom is 0.262 e. The van der Waals surface area contributed by atoms with E-state index in [4.69, 9.17) is 16.1 Å². The van der Waals surface area contributed by atoms with Crippen LogP contribution in [-0.2, 0) is 14.8 Å². The molecule has 0 aliphatic heterocycles. The van der Waals surface area contributed by atoms with Gasteiger partial charge in [0.1, 0.15) is 10.6 Å². The number of sulfonamides is 1. The Morgan fingerprint density at radius 3 is 2.52 bits per heavy atom. The number of hydrazine groups is 1. The molecule has 1 heterocycles. The lowest BCUT2D eigenvalue weighted by Crippen LogP contribution is -2.42. The van der Waals surface area contributed by atoms with Crippen LogP contribution in [0.1, 0.15) is 11.5 Å². The standard InChI is InChI=1S/C13H14ClN3O4S2/c1-8-13(9(2)21-16-8)23(19,20)17-15-12(18)7-22-11-5-3-10(14)4-6-11/h3-6,17H,7H2,1-2H3,(H,15,18). The van der Waals surface area contributed by atoms with Gasteiger partial charge in [-0.25, -0.2) is 8.42 Å². The van der Waals surface area contributed by atoms with Crippen LogP contribution >= 0.6 is 23.4 Å². The molecular weight excluding hydrogens is 362 g/mol. The summed E-state index contributed by atoms with van der Waals surface area (Å²) in [5, 5.41) is 4.17. The van der Waals surface area contributed by atoms with Crippen LogP contribution in [0.15, 0.2) is 38.6 Å². The van der Waals surface area contributed by atoms with Gasteiger partial charge in [-0.3, -0.25) is 10.2 Å². The molecule has 0 unspecified atom stereocenters. The molecule has 0 fully saturated rings. The number of carbonyl (C=O) groups is 1. The number of hydrogen-bond acceptors (Lipinski definition) is 6. The van der Waals surface area contributed by atoms with Gasteiger partial charge in [0.25, 0.3) is 10.0 Å². The number of hydrogen-bond donors (Lipinski definition) is 2. The lowest BCUT2D eigenvalue weighted by atomic mass is 10.4. The lowest BCUT2D eigenvalue weighted by molar-refractivity contribution is -0.119. The second-order valence-corrected chi connectivity index (χ2v) is 7.65. The quantitative estimate of drug-likeness (QED) is 0.592. The topological polar surface area (TPSA) is 101 Å². The number of aromatic nitrogens is 1. The van der Waals surface area contributed by atoms with Crippen molar-refractivity contribution in [3.8, 4) is 0 Å². The summed E-state index contributed by atoms with van der Waals surface area (Å²) in [6.45, 7) is 2.98. The van der Waals surface area contributed by atoms with Crippen LogP contribution < -0.4 is 10.3 Å². The Balaban J connectivity index is 1.90. The van der Waals surface area contributed by atoms with Crippen molar-refractivity contribution in [3.05, 3.63) is 40.7 Å². The minimum Gasteiger partial charge on any atom is -0.360 e. The van der Waals surface area contributed by atoms with Gasteiger partial charge in [-0.2, -0.15) is 0 Å². The van der Waals surface area contributed by atoms with Crippen molar-refractivity contribution in [3.63, 3.8) is 0 Å². The molecule has 23 heavy (non-hydrogen) atoms. The molecule has 2 rings (SSSR count). The van der Waals surface area contributed by atoms with Gasteiger partial charge >= 0.3 is 0 Å². The zero-order valence-corrected chi connectivity index (χ0v) is 14.7. The average molecular weight is 376 g/mol. The monoisotopic (exact) mass is 375 g/mol. The van der Waals surface area contributed by atoms with Gasteiger partial charge in [0.15, 0.2) is 5.76 Å². The molecule has 1 amide bonds. The first-order chi connectivity index (χ1) is 10.8. The smallest absolute Gasteiger partial charge is 0.262 e. The molecule has 2 aromatic rings. The van der Waals surface area contributed by atoms with E-state index in [1.807, 2.05) is 4.83 Å². The van der Waals surface area contributed by atoms with Crippen molar-refractivity contribution >= 4 is 39.3 Å². The highest BCUT2D eigenvalue weighted by molar-refractivity contribution is 8.00. The number of nitrogens with zero attached hydrogens (tertiary/aromatic N) is 1. The van der Waals surface area contributed by atoms with Crippen LogP contribution in [0.4, 0.5) is 0 Å². The second kappa shape index (κ2) is 7.35. The van der Waals surface area contributed by atoms with Crippen LogP contribution in [0.2, 0.25) is 5.02 Å². The van der Waals surface area contributed by atoms with E-state index in [0.29, 0.717) is 5.02 Å². The summed E-state index contributed by atoms with van der Waals surface area (Å²) in [6.07, 6.45) is 0. The summed E-state index contributed by atoms with van der Waals surface area (Å²) in [5.74, 6) is -0.286. The molecule has 2 N–H and O–H groups in total. The summed E-state index contributed by atoms with van der Waals surface area (Å²) in [4.78, 5) is 14.5. The van der Waals surface area contributed by atoms with Crippen molar-refractivity contribution in [1.82, 2.24) is 15.4 Å². The zero-order valence-electron chi connectivity index (χ0n) is 12.3. The SMILES string of the molecule is Cc1noc(C)c1S(=O)(=O)NNC(=O)CSc1ccc(Cl)cc1. The highest BCUT2D eigenvalue weighted by atomic mass is 35.5. The van der Waals surface area contributed by atoms with Crippen LogP contribution in [0.3, 0.4) is 0 Å². The Kier molecular flexibility index (Phi) is 5.69. The normalized spacial score (nSPS) is 11.4. The number of nitrogens with one attached hydrogen (secondary N) is 2. The molecule has 124 valence electrons. The zero-order chi connectivity index (χ0) is 17.0. The summed E-state index contributed by atoms with van der Waals surface area (Å²) in [7, 11) is -3.93. The van der Waals surface area contributed by atoms with Crippen molar-refractivity contribution in [1.29, 1.82) is 0 Å². The Morgan fingerprint density at radius 2 is 1.96 bits per heavy atom. The molecular formula is C13H14ClN3O4S2. The van der Waals surface area contributed by atoms with Gasteiger partial charge in [-0.05, 0) is 38.1 Å². The Morgan fingerprint density at radius 1 is 1.30 bits per heavy atom. The Labute approximate surface area is 142 Å². The molecule has 1 aromatic carbocycles.